The molecule has 0 saturated heterocycles. The molecule has 2 rings (SSSR count). The molecule has 19 heavy (non-hydrogen) atoms. The van der Waals surface area contributed by atoms with Gasteiger partial charge in [-0.25, -0.2) is 0 Å². The van der Waals surface area contributed by atoms with Crippen LogP contribution in [0.25, 0.3) is 0 Å². The average Bonchev–Trinajstić information content (AvgIpc) is 2.40. The van der Waals surface area contributed by atoms with E-state index in [2.05, 4.69) is 21.2 Å². The molecule has 98 valence electrons. The molecule has 0 fully saturated rings. The lowest BCUT2D eigenvalue weighted by Crippen LogP contribution is -2.23. The molecule has 0 bridgehead atoms. The number of halogens is 1. The molecule has 0 radical (unpaired) electrons. The van der Waals surface area contributed by atoms with Crippen molar-refractivity contribution in [2.75, 3.05) is 0 Å². The molecular weight excluding hydrogens is 306 g/mol. The van der Waals surface area contributed by atoms with Crippen LogP contribution in [0.2, 0.25) is 0 Å². The monoisotopic (exact) mass is 319 g/mol. The summed E-state index contributed by atoms with van der Waals surface area (Å²) in [4.78, 5) is 12.1. The highest BCUT2D eigenvalue weighted by molar-refractivity contribution is 9.10. The Morgan fingerprint density at radius 3 is 2.58 bits per heavy atom. The first-order valence-corrected chi connectivity index (χ1v) is 6.68. The van der Waals surface area contributed by atoms with E-state index in [9.17, 15) is 9.90 Å². The van der Waals surface area contributed by atoms with Crippen molar-refractivity contribution in [3.63, 3.8) is 0 Å². The van der Waals surface area contributed by atoms with Gasteiger partial charge in [0.2, 0.25) is 0 Å². The van der Waals surface area contributed by atoms with Crippen LogP contribution >= 0.6 is 15.9 Å². The molecule has 0 atom stereocenters. The number of carbonyl (C=O) groups is 1. The van der Waals surface area contributed by atoms with Gasteiger partial charge in [0.1, 0.15) is 5.75 Å². The van der Waals surface area contributed by atoms with Crippen LogP contribution < -0.4 is 5.32 Å². The van der Waals surface area contributed by atoms with Crippen LogP contribution in [0.5, 0.6) is 5.75 Å². The molecule has 1 amide bonds. The number of hydrogen-bond donors (Lipinski definition) is 2. The lowest BCUT2D eigenvalue weighted by Gasteiger charge is -2.08. The lowest BCUT2D eigenvalue weighted by molar-refractivity contribution is 0.0950. The number of rotatable bonds is 3. The smallest absolute Gasteiger partial charge is 0.252 e. The molecule has 0 saturated carbocycles. The predicted octanol–water partition coefficient (Wildman–Crippen LogP) is 3.39. The van der Waals surface area contributed by atoms with Gasteiger partial charge in [-0.05, 0) is 52.7 Å². The maximum absolute atomic E-state index is 12.1. The zero-order valence-electron chi connectivity index (χ0n) is 10.5. The van der Waals surface area contributed by atoms with Crippen LogP contribution in [-0.4, -0.2) is 11.0 Å². The molecule has 0 heterocycles. The van der Waals surface area contributed by atoms with Crippen molar-refractivity contribution in [1.82, 2.24) is 5.32 Å². The molecular formula is C15H14BrNO2. The van der Waals surface area contributed by atoms with Gasteiger partial charge in [0.05, 0.1) is 5.56 Å². The second-order valence-electron chi connectivity index (χ2n) is 4.33. The SMILES string of the molecule is Cc1ccc(Br)c(C(=O)NCc2ccc(O)cc2)c1. The summed E-state index contributed by atoms with van der Waals surface area (Å²) in [5.41, 5.74) is 2.60. The van der Waals surface area contributed by atoms with Gasteiger partial charge in [0, 0.05) is 11.0 Å². The number of aromatic hydroxyl groups is 1. The topological polar surface area (TPSA) is 49.3 Å². The van der Waals surface area contributed by atoms with E-state index in [1.807, 2.05) is 25.1 Å². The first-order chi connectivity index (χ1) is 9.06. The van der Waals surface area contributed by atoms with Crippen molar-refractivity contribution in [1.29, 1.82) is 0 Å². The summed E-state index contributed by atoms with van der Waals surface area (Å²) in [5, 5.41) is 12.0. The first kappa shape index (κ1) is 13.6. The second-order valence-corrected chi connectivity index (χ2v) is 5.19. The van der Waals surface area contributed by atoms with E-state index in [0.717, 1.165) is 15.6 Å². The predicted molar refractivity (Wildman–Crippen MR) is 78.2 cm³/mol. The van der Waals surface area contributed by atoms with Gasteiger partial charge < -0.3 is 10.4 Å². The van der Waals surface area contributed by atoms with Crippen LogP contribution in [0.4, 0.5) is 0 Å². The average molecular weight is 320 g/mol. The van der Waals surface area contributed by atoms with Gasteiger partial charge in [-0.1, -0.05) is 23.8 Å². The Kier molecular flexibility index (Phi) is 4.22. The van der Waals surface area contributed by atoms with E-state index in [4.69, 9.17) is 0 Å². The van der Waals surface area contributed by atoms with Crippen molar-refractivity contribution < 1.29 is 9.90 Å². The zero-order chi connectivity index (χ0) is 13.8. The minimum Gasteiger partial charge on any atom is -0.508 e. The highest BCUT2D eigenvalue weighted by Gasteiger charge is 2.09. The fourth-order valence-corrected chi connectivity index (χ4v) is 2.13. The molecule has 2 N–H and O–H groups in total. The molecule has 0 unspecified atom stereocenters. The zero-order valence-corrected chi connectivity index (χ0v) is 12.1. The number of carbonyl (C=O) groups excluding carboxylic acids is 1. The van der Waals surface area contributed by atoms with E-state index in [-0.39, 0.29) is 11.7 Å². The molecule has 0 aliphatic heterocycles. The van der Waals surface area contributed by atoms with Gasteiger partial charge in [-0.3, -0.25) is 4.79 Å². The van der Waals surface area contributed by atoms with Gasteiger partial charge in [0.25, 0.3) is 5.91 Å². The minimum atomic E-state index is -0.122. The highest BCUT2D eigenvalue weighted by Crippen LogP contribution is 2.18. The van der Waals surface area contributed by atoms with Gasteiger partial charge in [-0.15, -0.1) is 0 Å². The van der Waals surface area contributed by atoms with E-state index < -0.39 is 0 Å². The maximum Gasteiger partial charge on any atom is 0.252 e. The molecule has 2 aromatic rings. The third-order valence-corrected chi connectivity index (χ3v) is 3.45. The summed E-state index contributed by atoms with van der Waals surface area (Å²) in [6.45, 7) is 2.38. The van der Waals surface area contributed by atoms with Crippen LogP contribution in [0.1, 0.15) is 21.5 Å². The van der Waals surface area contributed by atoms with Crippen LogP contribution in [-0.2, 0) is 6.54 Å². The summed E-state index contributed by atoms with van der Waals surface area (Å²) < 4.78 is 0.779. The number of phenolic OH excluding ortho intramolecular Hbond substituents is 1. The highest BCUT2D eigenvalue weighted by atomic mass is 79.9. The van der Waals surface area contributed by atoms with Gasteiger partial charge in [-0.2, -0.15) is 0 Å². The summed E-state index contributed by atoms with van der Waals surface area (Å²) in [6.07, 6.45) is 0. The third-order valence-electron chi connectivity index (χ3n) is 2.76. The summed E-state index contributed by atoms with van der Waals surface area (Å²) >= 11 is 3.37. The number of amides is 1. The second kappa shape index (κ2) is 5.89. The first-order valence-electron chi connectivity index (χ1n) is 5.88. The summed E-state index contributed by atoms with van der Waals surface area (Å²) in [5.74, 6) is 0.0974. The Hall–Kier alpha value is -1.81. The van der Waals surface area contributed by atoms with E-state index in [1.54, 1.807) is 24.3 Å². The molecule has 0 aromatic heterocycles. The Morgan fingerprint density at radius 2 is 1.89 bits per heavy atom. The number of phenols is 1. The Bertz CT molecular complexity index is 594. The Morgan fingerprint density at radius 1 is 1.21 bits per heavy atom. The van der Waals surface area contributed by atoms with Gasteiger partial charge >= 0.3 is 0 Å². The fourth-order valence-electron chi connectivity index (χ4n) is 1.70. The Balaban J connectivity index is 2.05. The number of benzene rings is 2. The maximum atomic E-state index is 12.1. The molecule has 3 nitrogen and oxygen atoms in total. The van der Waals surface area contributed by atoms with Crippen LogP contribution in [0.15, 0.2) is 46.9 Å². The standard InChI is InChI=1S/C15H14BrNO2/c1-10-2-7-14(16)13(8-10)15(19)17-9-11-3-5-12(18)6-4-11/h2-8,18H,9H2,1H3,(H,17,19). The molecule has 0 aliphatic carbocycles. The fraction of sp³-hybridized carbons (Fsp3) is 0.133. The number of nitrogens with one attached hydrogen (secondary N) is 1. The molecule has 0 spiro atoms. The van der Waals surface area contributed by atoms with Crippen LogP contribution in [0, 0.1) is 6.92 Å². The normalized spacial score (nSPS) is 10.2. The van der Waals surface area contributed by atoms with E-state index >= 15 is 0 Å². The summed E-state index contributed by atoms with van der Waals surface area (Å²) in [7, 11) is 0. The summed E-state index contributed by atoms with van der Waals surface area (Å²) in [6, 6.07) is 12.4. The van der Waals surface area contributed by atoms with Gasteiger partial charge in [0.15, 0.2) is 0 Å². The molecule has 2 aromatic carbocycles. The van der Waals surface area contributed by atoms with E-state index in [0.29, 0.717) is 12.1 Å². The quantitative estimate of drug-likeness (QED) is 0.911. The number of aryl methyl sites for hydroxylation is 1. The third kappa shape index (κ3) is 3.58. The molecule has 4 heteroatoms. The minimum absolute atomic E-state index is 0.122. The Labute approximate surface area is 120 Å². The molecule has 0 aliphatic rings. The van der Waals surface area contributed by atoms with Crippen molar-refractivity contribution >= 4 is 21.8 Å². The van der Waals surface area contributed by atoms with Crippen LogP contribution in [0.3, 0.4) is 0 Å². The van der Waals surface area contributed by atoms with Crippen molar-refractivity contribution in [3.05, 3.63) is 63.6 Å². The van der Waals surface area contributed by atoms with E-state index in [1.165, 1.54) is 0 Å². The van der Waals surface area contributed by atoms with Crippen molar-refractivity contribution in [2.24, 2.45) is 0 Å². The van der Waals surface area contributed by atoms with Crippen molar-refractivity contribution in [3.8, 4) is 5.75 Å². The largest absolute Gasteiger partial charge is 0.508 e. The lowest BCUT2D eigenvalue weighted by atomic mass is 10.1. The number of hydrogen-bond acceptors (Lipinski definition) is 2. The van der Waals surface area contributed by atoms with Crippen molar-refractivity contribution in [2.45, 2.75) is 13.5 Å².